The van der Waals surface area contributed by atoms with Gasteiger partial charge in [-0.1, -0.05) is 18.2 Å². The summed E-state index contributed by atoms with van der Waals surface area (Å²) in [5, 5.41) is 5.33. The summed E-state index contributed by atoms with van der Waals surface area (Å²) in [5.74, 6) is -2.26. The lowest BCUT2D eigenvalue weighted by molar-refractivity contribution is -0.137. The van der Waals surface area contributed by atoms with Crippen molar-refractivity contribution in [3.8, 4) is 10.6 Å². The molecule has 1 aliphatic heterocycles. The number of carbonyl (C=O) groups excluding carboxylic acids is 3. The van der Waals surface area contributed by atoms with E-state index in [0.717, 1.165) is 5.56 Å². The zero-order valence-corrected chi connectivity index (χ0v) is 19.3. The number of hydrogen-bond acceptors (Lipinski definition) is 9. The highest BCUT2D eigenvalue weighted by atomic mass is 32.1. The second-order valence-electron chi connectivity index (χ2n) is 7.00. The average molecular weight is 457 g/mol. The Balaban J connectivity index is 2.11. The number of dihydropyridines is 1. The lowest BCUT2D eigenvalue weighted by atomic mass is 9.80. The predicted octanol–water partition coefficient (Wildman–Crippen LogP) is 3.57. The quantitative estimate of drug-likeness (QED) is 0.520. The number of methoxy groups -OCH3 is 2. The molecule has 2 heterocycles. The second-order valence-corrected chi connectivity index (χ2v) is 7.86. The van der Waals surface area contributed by atoms with Crippen molar-refractivity contribution < 1.29 is 28.6 Å². The third-order valence-electron chi connectivity index (χ3n) is 5.03. The third kappa shape index (κ3) is 4.43. The maximum absolute atomic E-state index is 12.7. The van der Waals surface area contributed by atoms with Crippen LogP contribution < -0.4 is 5.32 Å². The van der Waals surface area contributed by atoms with E-state index in [4.69, 9.17) is 14.2 Å². The molecule has 1 aromatic carbocycles. The molecule has 0 aliphatic carbocycles. The Morgan fingerprint density at radius 3 is 2.22 bits per heavy atom. The van der Waals surface area contributed by atoms with Crippen LogP contribution in [0.3, 0.4) is 0 Å². The molecule has 168 valence electrons. The maximum atomic E-state index is 12.7. The van der Waals surface area contributed by atoms with Crippen molar-refractivity contribution in [3.05, 3.63) is 63.4 Å². The molecule has 32 heavy (non-hydrogen) atoms. The van der Waals surface area contributed by atoms with Gasteiger partial charge in [0.1, 0.15) is 5.01 Å². The molecule has 8 nitrogen and oxygen atoms in total. The van der Waals surface area contributed by atoms with Gasteiger partial charge in [0, 0.05) is 22.3 Å². The van der Waals surface area contributed by atoms with Crippen LogP contribution in [0.5, 0.6) is 0 Å². The second kappa shape index (κ2) is 9.78. The molecule has 0 radical (unpaired) electrons. The number of carbonyl (C=O) groups is 3. The molecule has 0 unspecified atom stereocenters. The van der Waals surface area contributed by atoms with Gasteiger partial charge < -0.3 is 19.5 Å². The first-order chi connectivity index (χ1) is 15.3. The fraction of sp³-hybridized carbons (Fsp3) is 0.304. The fourth-order valence-electron chi connectivity index (χ4n) is 3.64. The minimum Gasteiger partial charge on any atom is -0.466 e. The van der Waals surface area contributed by atoms with Crippen LogP contribution in [-0.2, 0) is 23.8 Å². The van der Waals surface area contributed by atoms with Crippen LogP contribution in [0.4, 0.5) is 0 Å². The van der Waals surface area contributed by atoms with Crippen molar-refractivity contribution in [3.63, 3.8) is 0 Å². The van der Waals surface area contributed by atoms with Crippen LogP contribution in [0.25, 0.3) is 10.6 Å². The highest BCUT2D eigenvalue weighted by molar-refractivity contribution is 7.13. The summed E-state index contributed by atoms with van der Waals surface area (Å²) in [6.45, 7) is 5.51. The van der Waals surface area contributed by atoms with E-state index in [1.165, 1.54) is 25.6 Å². The van der Waals surface area contributed by atoms with Gasteiger partial charge in [-0.05, 0) is 32.4 Å². The largest absolute Gasteiger partial charge is 0.466 e. The molecule has 0 saturated heterocycles. The topological polar surface area (TPSA) is 104 Å². The lowest BCUT2D eigenvalue weighted by Gasteiger charge is -2.30. The Hall–Kier alpha value is -3.46. The standard InChI is InChI=1S/C23H24N2O6S/c1-6-31-21(26)16-11-32-20(25-16)15-9-7-8-14(10-15)19-17(22(27)29-4)12(2)24-13(3)18(19)23(28)30-5/h7-11,19,24H,6H2,1-5H3. The molecular weight excluding hydrogens is 432 g/mol. The van der Waals surface area contributed by atoms with E-state index in [1.54, 1.807) is 26.2 Å². The van der Waals surface area contributed by atoms with Crippen molar-refractivity contribution >= 4 is 29.2 Å². The van der Waals surface area contributed by atoms with Gasteiger partial charge in [-0.2, -0.15) is 0 Å². The first-order valence-electron chi connectivity index (χ1n) is 9.90. The maximum Gasteiger partial charge on any atom is 0.357 e. The van der Waals surface area contributed by atoms with Crippen LogP contribution in [0.1, 0.15) is 42.7 Å². The summed E-state index contributed by atoms with van der Waals surface area (Å²) in [7, 11) is 2.59. The fourth-order valence-corrected chi connectivity index (χ4v) is 4.43. The van der Waals surface area contributed by atoms with Crippen molar-refractivity contribution in [1.29, 1.82) is 0 Å². The van der Waals surface area contributed by atoms with Crippen molar-refractivity contribution in [2.45, 2.75) is 26.7 Å². The van der Waals surface area contributed by atoms with Gasteiger partial charge in [-0.25, -0.2) is 19.4 Å². The minimum atomic E-state index is -0.694. The molecule has 1 aromatic heterocycles. The number of nitrogens with one attached hydrogen (secondary N) is 1. The highest BCUT2D eigenvalue weighted by Crippen LogP contribution is 2.40. The van der Waals surface area contributed by atoms with Gasteiger partial charge in [0.15, 0.2) is 5.69 Å². The van der Waals surface area contributed by atoms with Gasteiger partial charge in [0.25, 0.3) is 0 Å². The molecule has 1 aliphatic rings. The molecule has 0 spiro atoms. The molecule has 0 saturated carbocycles. The number of esters is 3. The van der Waals surface area contributed by atoms with E-state index in [0.29, 0.717) is 33.1 Å². The van der Waals surface area contributed by atoms with Crippen molar-refractivity contribution in [2.24, 2.45) is 0 Å². The van der Waals surface area contributed by atoms with Crippen LogP contribution in [-0.4, -0.2) is 43.7 Å². The van der Waals surface area contributed by atoms with Gasteiger partial charge in [0.05, 0.1) is 37.9 Å². The molecule has 0 fully saturated rings. The minimum absolute atomic E-state index is 0.232. The van der Waals surface area contributed by atoms with Gasteiger partial charge in [-0.15, -0.1) is 11.3 Å². The van der Waals surface area contributed by atoms with E-state index in [9.17, 15) is 14.4 Å². The Bertz CT molecular complexity index is 1090. The van der Waals surface area contributed by atoms with Gasteiger partial charge >= 0.3 is 17.9 Å². The van der Waals surface area contributed by atoms with E-state index >= 15 is 0 Å². The number of ether oxygens (including phenoxy) is 3. The summed E-state index contributed by atoms with van der Waals surface area (Å²) in [6.07, 6.45) is 0. The van der Waals surface area contributed by atoms with Crippen LogP contribution in [0.15, 0.2) is 52.2 Å². The van der Waals surface area contributed by atoms with E-state index in [1.807, 2.05) is 24.3 Å². The van der Waals surface area contributed by atoms with E-state index in [2.05, 4.69) is 10.3 Å². The molecule has 3 rings (SSSR count). The molecule has 2 aromatic rings. The molecule has 9 heteroatoms. The average Bonchev–Trinajstić information content (AvgIpc) is 3.28. The first-order valence-corrected chi connectivity index (χ1v) is 10.8. The number of rotatable bonds is 6. The van der Waals surface area contributed by atoms with Crippen LogP contribution in [0, 0.1) is 0 Å². The third-order valence-corrected chi connectivity index (χ3v) is 5.92. The molecule has 0 atom stereocenters. The summed E-state index contributed by atoms with van der Waals surface area (Å²) in [6, 6.07) is 7.33. The number of thiazole rings is 1. The van der Waals surface area contributed by atoms with Crippen molar-refractivity contribution in [1.82, 2.24) is 10.3 Å². The number of allylic oxidation sites excluding steroid dienone is 2. The molecule has 0 bridgehead atoms. The number of benzene rings is 1. The summed E-state index contributed by atoms with van der Waals surface area (Å²) in [5.41, 5.74) is 3.49. The van der Waals surface area contributed by atoms with Crippen molar-refractivity contribution in [2.75, 3.05) is 20.8 Å². The SMILES string of the molecule is CCOC(=O)c1csc(-c2cccc(C3C(C(=O)OC)=C(C)NC(C)=C3C(=O)OC)c2)n1. The Morgan fingerprint density at radius 1 is 1.03 bits per heavy atom. The van der Waals surface area contributed by atoms with E-state index < -0.39 is 23.8 Å². The Labute approximate surface area is 189 Å². The van der Waals surface area contributed by atoms with Gasteiger partial charge in [-0.3, -0.25) is 0 Å². The monoisotopic (exact) mass is 456 g/mol. The van der Waals surface area contributed by atoms with Crippen LogP contribution >= 0.6 is 11.3 Å². The summed E-state index contributed by atoms with van der Waals surface area (Å²) >= 11 is 1.30. The number of hydrogen-bond donors (Lipinski definition) is 1. The zero-order chi connectivity index (χ0) is 23.4. The first kappa shape index (κ1) is 23.2. The number of nitrogens with zero attached hydrogens (tertiary/aromatic N) is 1. The Kier molecular flexibility index (Phi) is 7.09. The molecule has 0 amide bonds. The smallest absolute Gasteiger partial charge is 0.357 e. The summed E-state index contributed by atoms with van der Waals surface area (Å²) < 4.78 is 15.0. The number of aromatic nitrogens is 1. The summed E-state index contributed by atoms with van der Waals surface area (Å²) in [4.78, 5) is 41.7. The predicted molar refractivity (Wildman–Crippen MR) is 119 cm³/mol. The highest BCUT2D eigenvalue weighted by Gasteiger charge is 2.37. The molecule has 1 N–H and O–H groups in total. The Morgan fingerprint density at radius 2 is 1.66 bits per heavy atom. The molecular formula is C23H24N2O6S. The van der Waals surface area contributed by atoms with Crippen LogP contribution in [0.2, 0.25) is 0 Å². The van der Waals surface area contributed by atoms with Gasteiger partial charge in [0.2, 0.25) is 0 Å². The zero-order valence-electron chi connectivity index (χ0n) is 18.5. The lowest BCUT2D eigenvalue weighted by Crippen LogP contribution is -2.32. The van der Waals surface area contributed by atoms with E-state index in [-0.39, 0.29) is 12.3 Å². The normalized spacial score (nSPS) is 14.2.